The van der Waals surface area contributed by atoms with Crippen LogP contribution in [0, 0.1) is 0 Å². The molecule has 0 heterocycles. The first kappa shape index (κ1) is 13.7. The standard InChI is InChI=1S/C14H12Cl2N2O/c15-11-2-1-3-12(16)14(11)18-13(19)8-9-4-6-10(17)7-5-9/h1-7H,8,17H2,(H,18,19). The van der Waals surface area contributed by atoms with Crippen LogP contribution in [-0.2, 0) is 11.2 Å². The van der Waals surface area contributed by atoms with Crippen molar-refractivity contribution in [2.24, 2.45) is 0 Å². The maximum Gasteiger partial charge on any atom is 0.228 e. The molecule has 3 N–H and O–H groups in total. The summed E-state index contributed by atoms with van der Waals surface area (Å²) in [7, 11) is 0. The first-order valence-corrected chi connectivity index (χ1v) is 6.40. The Bertz CT molecular complexity index is 577. The summed E-state index contributed by atoms with van der Waals surface area (Å²) < 4.78 is 0. The first-order valence-electron chi connectivity index (χ1n) is 5.64. The van der Waals surface area contributed by atoms with Crippen LogP contribution in [-0.4, -0.2) is 5.91 Å². The molecule has 0 saturated heterocycles. The molecule has 0 aliphatic carbocycles. The van der Waals surface area contributed by atoms with Crippen molar-refractivity contribution in [3.8, 4) is 0 Å². The molecular weight excluding hydrogens is 283 g/mol. The number of nitrogens with one attached hydrogen (secondary N) is 1. The highest BCUT2D eigenvalue weighted by Gasteiger charge is 2.10. The highest BCUT2D eigenvalue weighted by molar-refractivity contribution is 6.39. The molecule has 0 unspecified atom stereocenters. The number of carbonyl (C=O) groups is 1. The molecule has 5 heteroatoms. The number of anilines is 2. The van der Waals surface area contributed by atoms with Crippen LogP contribution in [0.1, 0.15) is 5.56 Å². The Hall–Kier alpha value is -1.71. The SMILES string of the molecule is Nc1ccc(CC(=O)Nc2c(Cl)cccc2Cl)cc1. The average Bonchev–Trinajstić information content (AvgIpc) is 2.37. The van der Waals surface area contributed by atoms with Crippen LogP contribution in [0.5, 0.6) is 0 Å². The van der Waals surface area contributed by atoms with Gasteiger partial charge in [-0.2, -0.15) is 0 Å². The summed E-state index contributed by atoms with van der Waals surface area (Å²) in [4.78, 5) is 11.9. The second-order valence-electron chi connectivity index (χ2n) is 4.06. The molecule has 2 aromatic carbocycles. The summed E-state index contributed by atoms with van der Waals surface area (Å²) >= 11 is 12.0. The van der Waals surface area contributed by atoms with Crippen LogP contribution < -0.4 is 11.1 Å². The number of nitrogens with two attached hydrogens (primary N) is 1. The Balaban J connectivity index is 2.07. The highest BCUT2D eigenvalue weighted by Crippen LogP contribution is 2.29. The number of hydrogen-bond donors (Lipinski definition) is 2. The molecule has 3 nitrogen and oxygen atoms in total. The Morgan fingerprint density at radius 1 is 1.05 bits per heavy atom. The van der Waals surface area contributed by atoms with Gasteiger partial charge < -0.3 is 11.1 Å². The van der Waals surface area contributed by atoms with Crippen LogP contribution in [0.3, 0.4) is 0 Å². The molecule has 0 fully saturated rings. The van der Waals surface area contributed by atoms with E-state index in [0.717, 1.165) is 5.56 Å². The highest BCUT2D eigenvalue weighted by atomic mass is 35.5. The van der Waals surface area contributed by atoms with Gasteiger partial charge in [0.2, 0.25) is 5.91 Å². The smallest absolute Gasteiger partial charge is 0.228 e. The van der Waals surface area contributed by atoms with E-state index in [4.69, 9.17) is 28.9 Å². The number of hydrogen-bond acceptors (Lipinski definition) is 2. The Morgan fingerprint density at radius 2 is 1.63 bits per heavy atom. The first-order chi connectivity index (χ1) is 9.06. The Kier molecular flexibility index (Phi) is 4.30. The van der Waals surface area contributed by atoms with Gasteiger partial charge in [-0.05, 0) is 29.8 Å². The zero-order chi connectivity index (χ0) is 13.8. The number of amides is 1. The summed E-state index contributed by atoms with van der Waals surface area (Å²) in [6.45, 7) is 0. The largest absolute Gasteiger partial charge is 0.399 e. The van der Waals surface area contributed by atoms with Crippen molar-refractivity contribution in [3.63, 3.8) is 0 Å². The fourth-order valence-electron chi connectivity index (χ4n) is 1.62. The van der Waals surface area contributed by atoms with Crippen molar-refractivity contribution in [1.82, 2.24) is 0 Å². The van der Waals surface area contributed by atoms with Crippen molar-refractivity contribution < 1.29 is 4.79 Å². The minimum absolute atomic E-state index is 0.181. The molecule has 2 aromatic rings. The summed E-state index contributed by atoms with van der Waals surface area (Å²) in [5.74, 6) is -0.181. The lowest BCUT2D eigenvalue weighted by atomic mass is 10.1. The predicted molar refractivity (Wildman–Crippen MR) is 79.7 cm³/mol. The molecule has 0 aliphatic rings. The lowest BCUT2D eigenvalue weighted by Crippen LogP contribution is -2.15. The van der Waals surface area contributed by atoms with E-state index in [1.807, 2.05) is 12.1 Å². The van der Waals surface area contributed by atoms with E-state index in [-0.39, 0.29) is 12.3 Å². The zero-order valence-electron chi connectivity index (χ0n) is 9.99. The van der Waals surface area contributed by atoms with E-state index in [9.17, 15) is 4.79 Å². The third-order valence-corrected chi connectivity index (χ3v) is 3.20. The minimum Gasteiger partial charge on any atom is -0.399 e. The number of nitrogen functional groups attached to an aromatic ring is 1. The number of benzene rings is 2. The number of para-hydroxylation sites is 1. The molecule has 0 radical (unpaired) electrons. The van der Waals surface area contributed by atoms with E-state index in [2.05, 4.69) is 5.32 Å². The van der Waals surface area contributed by atoms with E-state index in [1.165, 1.54) is 0 Å². The molecule has 19 heavy (non-hydrogen) atoms. The van der Waals surface area contributed by atoms with E-state index >= 15 is 0 Å². The number of halogens is 2. The monoisotopic (exact) mass is 294 g/mol. The Morgan fingerprint density at radius 3 is 2.21 bits per heavy atom. The number of carbonyl (C=O) groups excluding carboxylic acids is 1. The molecule has 0 bridgehead atoms. The quantitative estimate of drug-likeness (QED) is 0.847. The van der Waals surface area contributed by atoms with Gasteiger partial charge in [-0.15, -0.1) is 0 Å². The second-order valence-corrected chi connectivity index (χ2v) is 4.88. The normalized spacial score (nSPS) is 10.2. The van der Waals surface area contributed by atoms with Crippen molar-refractivity contribution in [1.29, 1.82) is 0 Å². The van der Waals surface area contributed by atoms with Gasteiger partial charge in [-0.1, -0.05) is 41.4 Å². The maximum absolute atomic E-state index is 11.9. The molecule has 0 aliphatic heterocycles. The predicted octanol–water partition coefficient (Wildman–Crippen LogP) is 3.76. The molecule has 0 aromatic heterocycles. The van der Waals surface area contributed by atoms with Gasteiger partial charge in [0.25, 0.3) is 0 Å². The van der Waals surface area contributed by atoms with Crippen LogP contribution >= 0.6 is 23.2 Å². The molecule has 0 atom stereocenters. The average molecular weight is 295 g/mol. The van der Waals surface area contributed by atoms with Crippen molar-refractivity contribution >= 4 is 40.5 Å². The number of rotatable bonds is 3. The third-order valence-electron chi connectivity index (χ3n) is 2.57. The zero-order valence-corrected chi connectivity index (χ0v) is 11.5. The van der Waals surface area contributed by atoms with E-state index in [1.54, 1.807) is 30.3 Å². The summed E-state index contributed by atoms with van der Waals surface area (Å²) in [5, 5.41) is 3.54. The third kappa shape index (κ3) is 3.63. The summed E-state index contributed by atoms with van der Waals surface area (Å²) in [6.07, 6.45) is 0.238. The molecular formula is C14H12Cl2N2O. The van der Waals surface area contributed by atoms with Crippen LogP contribution in [0.2, 0.25) is 10.0 Å². The van der Waals surface area contributed by atoms with Crippen LogP contribution in [0.25, 0.3) is 0 Å². The lowest BCUT2D eigenvalue weighted by molar-refractivity contribution is -0.115. The molecule has 98 valence electrons. The second kappa shape index (κ2) is 5.95. The fourth-order valence-corrected chi connectivity index (χ4v) is 2.11. The Labute approximate surface area is 121 Å². The molecule has 2 rings (SSSR count). The van der Waals surface area contributed by atoms with Gasteiger partial charge >= 0.3 is 0 Å². The van der Waals surface area contributed by atoms with Crippen molar-refractivity contribution in [2.75, 3.05) is 11.1 Å². The van der Waals surface area contributed by atoms with Crippen molar-refractivity contribution in [2.45, 2.75) is 6.42 Å². The van der Waals surface area contributed by atoms with Crippen molar-refractivity contribution in [3.05, 3.63) is 58.1 Å². The molecule has 0 saturated carbocycles. The van der Waals surface area contributed by atoms with Gasteiger partial charge in [-0.3, -0.25) is 4.79 Å². The van der Waals surface area contributed by atoms with Gasteiger partial charge in [0, 0.05) is 5.69 Å². The lowest BCUT2D eigenvalue weighted by Gasteiger charge is -2.09. The van der Waals surface area contributed by atoms with Gasteiger partial charge in [-0.25, -0.2) is 0 Å². The van der Waals surface area contributed by atoms with Gasteiger partial charge in [0.15, 0.2) is 0 Å². The summed E-state index contributed by atoms with van der Waals surface area (Å²) in [6, 6.07) is 12.2. The topological polar surface area (TPSA) is 55.1 Å². The fraction of sp³-hybridized carbons (Fsp3) is 0.0714. The van der Waals surface area contributed by atoms with Gasteiger partial charge in [0.1, 0.15) is 0 Å². The maximum atomic E-state index is 11.9. The van der Waals surface area contributed by atoms with E-state index < -0.39 is 0 Å². The summed E-state index contributed by atoms with van der Waals surface area (Å²) in [5.41, 5.74) is 7.56. The minimum atomic E-state index is -0.181. The van der Waals surface area contributed by atoms with Crippen LogP contribution in [0.15, 0.2) is 42.5 Å². The molecule has 0 spiro atoms. The van der Waals surface area contributed by atoms with Gasteiger partial charge in [0.05, 0.1) is 22.2 Å². The van der Waals surface area contributed by atoms with E-state index in [0.29, 0.717) is 21.4 Å². The van der Waals surface area contributed by atoms with Crippen LogP contribution in [0.4, 0.5) is 11.4 Å². The molecule has 1 amide bonds.